The monoisotopic (exact) mass is 335 g/mol. The van der Waals surface area contributed by atoms with Gasteiger partial charge < -0.3 is 0 Å². The van der Waals surface area contributed by atoms with Crippen LogP contribution in [0.1, 0.15) is 44.9 Å². The zero-order valence-corrected chi connectivity index (χ0v) is 12.5. The lowest BCUT2D eigenvalue weighted by molar-refractivity contribution is -0.139. The fourth-order valence-corrected chi connectivity index (χ4v) is 2.45. The minimum Gasteiger partial charge on any atom is -0.266 e. The van der Waals surface area contributed by atoms with E-state index in [-0.39, 0.29) is 16.7 Å². The maximum Gasteiger partial charge on any atom is 0.416 e. The molecule has 0 aliphatic carbocycles. The first-order valence-electron chi connectivity index (χ1n) is 7.11. The fourth-order valence-electron chi connectivity index (χ4n) is 2.45. The summed E-state index contributed by atoms with van der Waals surface area (Å²) >= 11 is 0. The number of imide groups is 1. The van der Waals surface area contributed by atoms with Crippen molar-refractivity contribution in [3.63, 3.8) is 0 Å². The van der Waals surface area contributed by atoms with Crippen molar-refractivity contribution in [3.8, 4) is 0 Å². The normalized spacial score (nSPS) is 15.6. The Labute approximate surface area is 135 Å². The van der Waals surface area contributed by atoms with Crippen LogP contribution in [0, 0.1) is 0 Å². The summed E-state index contributed by atoms with van der Waals surface area (Å²) in [7, 11) is 0. The molecule has 124 valence electrons. The van der Waals surface area contributed by atoms with Crippen LogP contribution >= 0.6 is 0 Å². The number of amides is 2. The van der Waals surface area contributed by atoms with Gasteiger partial charge in [0.2, 0.25) is 0 Å². The predicted octanol–water partition coefficient (Wildman–Crippen LogP) is 3.99. The summed E-state index contributed by atoms with van der Waals surface area (Å²) in [4.78, 5) is 29.7. The molecule has 0 saturated carbocycles. The molecule has 2 aromatic rings. The molecule has 0 saturated heterocycles. The lowest BCUT2D eigenvalue weighted by Gasteiger charge is -2.20. The highest BCUT2D eigenvalue weighted by atomic mass is 19.4. The van der Waals surface area contributed by atoms with Crippen LogP contribution in [-0.2, 0) is 11.0 Å². The van der Waals surface area contributed by atoms with Crippen LogP contribution in [0.3, 0.4) is 0 Å². The average molecular weight is 335 g/mol. The summed E-state index contributed by atoms with van der Waals surface area (Å²) in [5.74, 6) is -1.26. The van der Waals surface area contributed by atoms with Crippen LogP contribution in [-0.4, -0.2) is 16.9 Å². The van der Waals surface area contributed by atoms with Crippen molar-refractivity contribution in [2.24, 2.45) is 0 Å². The summed E-state index contributed by atoms with van der Waals surface area (Å²) in [5, 5.41) is 0.593. The Balaban J connectivity index is 1.83. The van der Waals surface area contributed by atoms with E-state index in [1.807, 2.05) is 0 Å². The number of carbonyl (C=O) groups excluding carboxylic acids is 2. The van der Waals surface area contributed by atoms with Gasteiger partial charge >= 0.3 is 6.18 Å². The van der Waals surface area contributed by atoms with Crippen LogP contribution in [0.4, 0.5) is 13.2 Å². The van der Waals surface area contributed by atoms with E-state index in [0.29, 0.717) is 5.06 Å². The number of hydrogen-bond acceptors (Lipinski definition) is 3. The van der Waals surface area contributed by atoms with Gasteiger partial charge in [0, 0.05) is 0 Å². The number of hydroxylamine groups is 2. The molecule has 2 amide bonds. The molecule has 1 atom stereocenters. The van der Waals surface area contributed by atoms with E-state index in [1.165, 1.54) is 31.2 Å². The molecule has 7 heteroatoms. The summed E-state index contributed by atoms with van der Waals surface area (Å²) < 4.78 is 38.3. The molecule has 0 unspecified atom stereocenters. The predicted molar refractivity (Wildman–Crippen MR) is 77.9 cm³/mol. The number of nitrogens with zero attached hydrogens (tertiary/aromatic N) is 1. The van der Waals surface area contributed by atoms with Crippen LogP contribution in [0.2, 0.25) is 0 Å². The summed E-state index contributed by atoms with van der Waals surface area (Å²) in [6.07, 6.45) is -5.39. The Kier molecular flexibility index (Phi) is 3.88. The van der Waals surface area contributed by atoms with Crippen molar-refractivity contribution in [1.29, 1.82) is 0 Å². The number of fused-ring (bicyclic) bond motifs is 1. The topological polar surface area (TPSA) is 46.6 Å². The van der Waals surface area contributed by atoms with E-state index in [4.69, 9.17) is 4.84 Å². The third kappa shape index (κ3) is 2.78. The maximum absolute atomic E-state index is 12.8. The van der Waals surface area contributed by atoms with E-state index in [9.17, 15) is 22.8 Å². The van der Waals surface area contributed by atoms with Gasteiger partial charge in [-0.05, 0) is 36.8 Å². The molecule has 3 rings (SSSR count). The van der Waals surface area contributed by atoms with Crippen molar-refractivity contribution in [1.82, 2.24) is 5.06 Å². The van der Waals surface area contributed by atoms with Crippen LogP contribution < -0.4 is 0 Å². The molecule has 1 aliphatic heterocycles. The lowest BCUT2D eigenvalue weighted by Crippen LogP contribution is -2.31. The van der Waals surface area contributed by atoms with Crippen molar-refractivity contribution < 1.29 is 27.6 Å². The Bertz CT molecular complexity index is 782. The van der Waals surface area contributed by atoms with E-state index < -0.39 is 29.7 Å². The molecule has 24 heavy (non-hydrogen) atoms. The molecule has 0 radical (unpaired) electrons. The van der Waals surface area contributed by atoms with Gasteiger partial charge in [0.1, 0.15) is 6.10 Å². The molecule has 0 aromatic heterocycles. The van der Waals surface area contributed by atoms with Crippen molar-refractivity contribution in [2.45, 2.75) is 19.2 Å². The van der Waals surface area contributed by atoms with Gasteiger partial charge in [-0.3, -0.25) is 14.4 Å². The van der Waals surface area contributed by atoms with Gasteiger partial charge in [-0.2, -0.15) is 13.2 Å². The standard InChI is InChI=1S/C17H12F3NO3/c1-10(11-5-4-6-12(9-11)17(18,19)20)24-21-15(22)13-7-2-3-8-14(13)16(21)23/h2-10H,1H3/t10-/m1/s1. The van der Waals surface area contributed by atoms with Crippen LogP contribution in [0.5, 0.6) is 0 Å². The largest absolute Gasteiger partial charge is 0.416 e. The number of hydrogen-bond donors (Lipinski definition) is 0. The second-order valence-electron chi connectivity index (χ2n) is 5.32. The second-order valence-corrected chi connectivity index (χ2v) is 5.32. The molecular weight excluding hydrogens is 323 g/mol. The lowest BCUT2D eigenvalue weighted by atomic mass is 10.1. The minimum absolute atomic E-state index is 0.207. The Morgan fingerprint density at radius 1 is 0.958 bits per heavy atom. The smallest absolute Gasteiger partial charge is 0.266 e. The molecule has 1 heterocycles. The molecule has 4 nitrogen and oxygen atoms in total. The maximum atomic E-state index is 12.8. The van der Waals surface area contributed by atoms with Gasteiger partial charge in [-0.15, -0.1) is 5.06 Å². The zero-order chi connectivity index (χ0) is 17.5. The molecule has 0 spiro atoms. The number of alkyl halides is 3. The van der Waals surface area contributed by atoms with E-state index in [1.54, 1.807) is 12.1 Å². The second kappa shape index (κ2) is 5.76. The minimum atomic E-state index is -4.48. The zero-order valence-electron chi connectivity index (χ0n) is 12.5. The molecule has 0 fully saturated rings. The van der Waals surface area contributed by atoms with E-state index in [0.717, 1.165) is 12.1 Å². The highest BCUT2D eigenvalue weighted by molar-refractivity contribution is 6.20. The number of rotatable bonds is 3. The quantitative estimate of drug-likeness (QED) is 0.797. The molecule has 0 N–H and O–H groups in total. The van der Waals surface area contributed by atoms with Crippen LogP contribution in [0.25, 0.3) is 0 Å². The Hall–Kier alpha value is -2.67. The third-order valence-electron chi connectivity index (χ3n) is 3.70. The van der Waals surface area contributed by atoms with Gasteiger partial charge in [-0.1, -0.05) is 24.3 Å². The Morgan fingerprint density at radius 2 is 1.54 bits per heavy atom. The van der Waals surface area contributed by atoms with Gasteiger partial charge in [0.15, 0.2) is 0 Å². The Morgan fingerprint density at radius 3 is 2.08 bits per heavy atom. The van der Waals surface area contributed by atoms with E-state index in [2.05, 4.69) is 0 Å². The van der Waals surface area contributed by atoms with Crippen molar-refractivity contribution >= 4 is 11.8 Å². The number of benzene rings is 2. The summed E-state index contributed by atoms with van der Waals surface area (Å²) in [5.41, 5.74) is -0.198. The molecular formula is C17H12F3NO3. The molecule has 2 aromatic carbocycles. The highest BCUT2D eigenvalue weighted by Crippen LogP contribution is 2.32. The highest BCUT2D eigenvalue weighted by Gasteiger charge is 2.38. The van der Waals surface area contributed by atoms with Crippen molar-refractivity contribution in [2.75, 3.05) is 0 Å². The van der Waals surface area contributed by atoms with Crippen molar-refractivity contribution in [3.05, 3.63) is 70.8 Å². The first kappa shape index (κ1) is 16.2. The van der Waals surface area contributed by atoms with Gasteiger partial charge in [0.25, 0.3) is 11.8 Å². The average Bonchev–Trinajstić information content (AvgIpc) is 2.80. The van der Waals surface area contributed by atoms with Crippen LogP contribution in [0.15, 0.2) is 48.5 Å². The summed E-state index contributed by atoms with van der Waals surface area (Å²) in [6.45, 7) is 1.47. The molecule has 0 bridgehead atoms. The van der Waals surface area contributed by atoms with E-state index >= 15 is 0 Å². The van der Waals surface area contributed by atoms with Gasteiger partial charge in [-0.25, -0.2) is 0 Å². The number of halogens is 3. The summed E-state index contributed by atoms with van der Waals surface area (Å²) in [6, 6.07) is 10.8. The SMILES string of the molecule is C[C@@H](ON1C(=O)c2ccccc2C1=O)c1cccc(C(F)(F)F)c1. The van der Waals surface area contributed by atoms with Gasteiger partial charge in [0.05, 0.1) is 16.7 Å². The third-order valence-corrected chi connectivity index (χ3v) is 3.70. The first-order chi connectivity index (χ1) is 11.3. The molecule has 1 aliphatic rings. The first-order valence-corrected chi connectivity index (χ1v) is 7.11. The fraction of sp³-hybridized carbons (Fsp3) is 0.176. The number of carbonyl (C=O) groups is 2.